The fourth-order valence-corrected chi connectivity index (χ4v) is 4.71. The molecule has 1 N–H and O–H groups in total. The maximum Gasteiger partial charge on any atom is 0.0444 e. The van der Waals surface area contributed by atoms with Gasteiger partial charge in [-0.05, 0) is 97.1 Å². The van der Waals surface area contributed by atoms with Crippen LogP contribution >= 0.6 is 0 Å². The highest BCUT2D eigenvalue weighted by molar-refractivity contribution is 5.67. The van der Waals surface area contributed by atoms with E-state index in [-0.39, 0.29) is 10.8 Å². The summed E-state index contributed by atoms with van der Waals surface area (Å²) in [6, 6.07) is 0. The van der Waals surface area contributed by atoms with E-state index in [9.17, 15) is 0 Å². The first-order chi connectivity index (χ1) is 14.8. The second-order valence-corrected chi connectivity index (χ2v) is 11.4. The Morgan fingerprint density at radius 3 is 1.91 bits per heavy atom. The molecule has 0 unspecified atom stereocenters. The molecule has 0 atom stereocenters. The van der Waals surface area contributed by atoms with Gasteiger partial charge in [-0.25, -0.2) is 0 Å². The largest absolute Gasteiger partial charge is 0.358 e. The van der Waals surface area contributed by atoms with Crippen LogP contribution in [0.15, 0.2) is 41.5 Å². The van der Waals surface area contributed by atoms with Gasteiger partial charge in [0.15, 0.2) is 0 Å². The SMILES string of the molecule is C=C/C(=C(CCC)\C(=C/CCC/C(=C/CC)c1[nH]c(C)c(C)c1C)C(C)(C)C)C(C)(C)C. The van der Waals surface area contributed by atoms with Crippen molar-refractivity contribution in [2.45, 2.75) is 115 Å². The molecule has 1 heterocycles. The first-order valence-corrected chi connectivity index (χ1v) is 12.7. The molecule has 0 saturated heterocycles. The standard InChI is InChI=1S/C31H51N/c1-13-18-25(29-23(5)22(4)24(6)32-29)20-16-17-21-28(31(10,11)12)26(19-14-2)27(15-3)30(7,8)9/h15,18,21,32H,3,13-14,16-17,19-20H2,1-2,4-12H3/b25-18-,27-26+,28-21+. The number of hydrogen-bond donors (Lipinski definition) is 1. The first-order valence-electron chi connectivity index (χ1n) is 12.7. The highest BCUT2D eigenvalue weighted by Crippen LogP contribution is 2.41. The number of H-pyrrole nitrogens is 1. The van der Waals surface area contributed by atoms with Gasteiger partial charge in [-0.2, -0.15) is 0 Å². The summed E-state index contributed by atoms with van der Waals surface area (Å²) in [5.74, 6) is 0. The van der Waals surface area contributed by atoms with Crippen LogP contribution in [0.4, 0.5) is 0 Å². The summed E-state index contributed by atoms with van der Waals surface area (Å²) in [6.07, 6.45) is 13.8. The van der Waals surface area contributed by atoms with E-state index >= 15 is 0 Å². The normalized spacial score (nSPS) is 14.6. The molecule has 1 nitrogen and oxygen atoms in total. The highest BCUT2D eigenvalue weighted by atomic mass is 14.7. The van der Waals surface area contributed by atoms with Crippen molar-refractivity contribution in [2.75, 3.05) is 0 Å². The number of nitrogens with one attached hydrogen (secondary N) is 1. The van der Waals surface area contributed by atoms with Crippen LogP contribution in [0.5, 0.6) is 0 Å². The predicted molar refractivity (Wildman–Crippen MR) is 146 cm³/mol. The molecule has 32 heavy (non-hydrogen) atoms. The Bertz CT molecular complexity index is 853. The van der Waals surface area contributed by atoms with Crippen molar-refractivity contribution in [3.05, 3.63) is 64.0 Å². The van der Waals surface area contributed by atoms with E-state index in [2.05, 4.69) is 106 Å². The number of aromatic nitrogens is 1. The molecule has 0 radical (unpaired) electrons. The number of unbranched alkanes of at least 4 members (excludes halogenated alkanes) is 1. The Labute approximate surface area is 200 Å². The molecule has 1 aromatic heterocycles. The van der Waals surface area contributed by atoms with Crippen molar-refractivity contribution < 1.29 is 0 Å². The third-order valence-corrected chi connectivity index (χ3v) is 6.55. The molecule has 0 saturated carbocycles. The third-order valence-electron chi connectivity index (χ3n) is 6.55. The van der Waals surface area contributed by atoms with Crippen LogP contribution in [0.3, 0.4) is 0 Å². The van der Waals surface area contributed by atoms with Crippen LogP contribution < -0.4 is 0 Å². The summed E-state index contributed by atoms with van der Waals surface area (Å²) in [7, 11) is 0. The number of aryl methyl sites for hydroxylation is 1. The lowest BCUT2D eigenvalue weighted by Crippen LogP contribution is -2.18. The fraction of sp³-hybridized carbons (Fsp3) is 0.613. The molecule has 0 aliphatic heterocycles. The topological polar surface area (TPSA) is 15.8 Å². The zero-order valence-electron chi connectivity index (χ0n) is 23.2. The van der Waals surface area contributed by atoms with E-state index < -0.39 is 0 Å². The van der Waals surface area contributed by atoms with Gasteiger partial charge in [0.1, 0.15) is 0 Å². The molecule has 0 aliphatic rings. The van der Waals surface area contributed by atoms with Gasteiger partial charge >= 0.3 is 0 Å². The summed E-state index contributed by atoms with van der Waals surface area (Å²) in [5, 5.41) is 0. The lowest BCUT2D eigenvalue weighted by atomic mass is 9.73. The van der Waals surface area contributed by atoms with Crippen LogP contribution in [0.2, 0.25) is 0 Å². The second-order valence-electron chi connectivity index (χ2n) is 11.4. The molecule has 0 spiro atoms. The minimum absolute atomic E-state index is 0.106. The summed E-state index contributed by atoms with van der Waals surface area (Å²) < 4.78 is 0. The zero-order valence-corrected chi connectivity index (χ0v) is 23.2. The van der Waals surface area contributed by atoms with Gasteiger partial charge in [-0.3, -0.25) is 0 Å². The van der Waals surface area contributed by atoms with Gasteiger partial charge in [-0.1, -0.05) is 86.6 Å². The van der Waals surface area contributed by atoms with Crippen molar-refractivity contribution in [1.82, 2.24) is 4.98 Å². The van der Waals surface area contributed by atoms with Crippen LogP contribution in [0.1, 0.15) is 116 Å². The van der Waals surface area contributed by atoms with Gasteiger partial charge < -0.3 is 4.98 Å². The highest BCUT2D eigenvalue weighted by Gasteiger charge is 2.26. The first kappa shape index (κ1) is 28.3. The summed E-state index contributed by atoms with van der Waals surface area (Å²) in [4.78, 5) is 3.64. The fourth-order valence-electron chi connectivity index (χ4n) is 4.71. The Morgan fingerprint density at radius 1 is 0.875 bits per heavy atom. The van der Waals surface area contributed by atoms with Crippen molar-refractivity contribution in [1.29, 1.82) is 0 Å². The average Bonchev–Trinajstić information content (AvgIpc) is 2.92. The van der Waals surface area contributed by atoms with Crippen molar-refractivity contribution in [3.63, 3.8) is 0 Å². The lowest BCUT2D eigenvalue weighted by Gasteiger charge is -2.32. The molecule has 1 rings (SSSR count). The van der Waals surface area contributed by atoms with Crippen LogP contribution in [-0.2, 0) is 0 Å². The molecule has 0 aliphatic carbocycles. The predicted octanol–water partition coefficient (Wildman–Crippen LogP) is 10.2. The monoisotopic (exact) mass is 437 g/mol. The molecule has 1 heteroatoms. The van der Waals surface area contributed by atoms with Gasteiger partial charge in [-0.15, -0.1) is 0 Å². The Kier molecular flexibility index (Phi) is 10.5. The molecule has 0 aromatic carbocycles. The molecule has 1 aromatic rings. The molecular formula is C31H51N. The minimum atomic E-state index is 0.106. The maximum atomic E-state index is 4.19. The van der Waals surface area contributed by atoms with E-state index in [4.69, 9.17) is 0 Å². The smallest absolute Gasteiger partial charge is 0.0444 e. The van der Waals surface area contributed by atoms with Crippen LogP contribution in [0, 0.1) is 31.6 Å². The lowest BCUT2D eigenvalue weighted by molar-refractivity contribution is 0.480. The molecule has 0 amide bonds. The summed E-state index contributed by atoms with van der Waals surface area (Å²) in [6.45, 7) is 29.4. The van der Waals surface area contributed by atoms with E-state index in [1.54, 1.807) is 0 Å². The van der Waals surface area contributed by atoms with Crippen molar-refractivity contribution in [2.24, 2.45) is 10.8 Å². The minimum Gasteiger partial charge on any atom is -0.358 e. The third kappa shape index (κ3) is 7.39. The van der Waals surface area contributed by atoms with E-state index in [0.717, 1.165) is 32.1 Å². The van der Waals surface area contributed by atoms with E-state index in [1.807, 2.05) is 0 Å². The Morgan fingerprint density at radius 2 is 1.50 bits per heavy atom. The summed E-state index contributed by atoms with van der Waals surface area (Å²) in [5.41, 5.74) is 11.6. The number of aromatic amines is 1. The van der Waals surface area contributed by atoms with E-state index in [0.29, 0.717) is 0 Å². The van der Waals surface area contributed by atoms with Crippen molar-refractivity contribution >= 4 is 5.57 Å². The van der Waals surface area contributed by atoms with Gasteiger partial charge in [0.2, 0.25) is 0 Å². The Hall–Kier alpha value is -1.76. The van der Waals surface area contributed by atoms with E-state index in [1.165, 1.54) is 51.2 Å². The molecule has 0 fully saturated rings. The quantitative estimate of drug-likeness (QED) is 0.277. The average molecular weight is 438 g/mol. The van der Waals surface area contributed by atoms with Crippen LogP contribution in [0.25, 0.3) is 5.57 Å². The van der Waals surface area contributed by atoms with Crippen LogP contribution in [-0.4, -0.2) is 4.98 Å². The Balaban J connectivity index is 3.23. The molecular weight excluding hydrogens is 386 g/mol. The van der Waals surface area contributed by atoms with Gasteiger partial charge in [0.05, 0.1) is 0 Å². The second kappa shape index (κ2) is 11.9. The van der Waals surface area contributed by atoms with Crippen molar-refractivity contribution in [3.8, 4) is 0 Å². The number of rotatable bonds is 10. The molecule has 180 valence electrons. The number of hydrogen-bond acceptors (Lipinski definition) is 0. The molecule has 0 bridgehead atoms. The maximum absolute atomic E-state index is 4.19. The summed E-state index contributed by atoms with van der Waals surface area (Å²) >= 11 is 0. The number of allylic oxidation sites excluding steroid dienone is 7. The van der Waals surface area contributed by atoms with Gasteiger partial charge in [0.25, 0.3) is 0 Å². The van der Waals surface area contributed by atoms with Gasteiger partial charge in [0, 0.05) is 11.4 Å². The zero-order chi connectivity index (χ0) is 24.7.